The second kappa shape index (κ2) is 4.79. The van der Waals surface area contributed by atoms with Crippen molar-refractivity contribution in [1.82, 2.24) is 0 Å². The van der Waals surface area contributed by atoms with Gasteiger partial charge in [-0.2, -0.15) is 21.6 Å². The minimum Gasteiger partial charge on any atom is -0.454 e. The highest BCUT2D eigenvalue weighted by molar-refractivity contribution is 7.86. The summed E-state index contributed by atoms with van der Waals surface area (Å²) in [4.78, 5) is 10.8. The first kappa shape index (κ1) is 14.2. The third-order valence-corrected chi connectivity index (χ3v) is 1.67. The smallest absolute Gasteiger partial charge is 0.422 e. The first-order chi connectivity index (χ1) is 6.51. The van der Waals surface area contributed by atoms with Crippen molar-refractivity contribution in [3.8, 4) is 0 Å². The lowest BCUT2D eigenvalue weighted by molar-refractivity contribution is -0.190. The molecule has 0 aromatic heterocycles. The van der Waals surface area contributed by atoms with Crippen LogP contribution in [0.1, 0.15) is 6.92 Å². The summed E-state index contributed by atoms with van der Waals surface area (Å²) < 4.78 is 63.6. The molecule has 0 fully saturated rings. The molecule has 0 rings (SSSR count). The van der Waals surface area contributed by atoms with Gasteiger partial charge in [-0.3, -0.25) is 4.18 Å². The van der Waals surface area contributed by atoms with Crippen molar-refractivity contribution in [2.45, 2.75) is 19.2 Å². The van der Waals surface area contributed by atoms with Gasteiger partial charge in [0.2, 0.25) is 0 Å². The summed E-state index contributed by atoms with van der Waals surface area (Å²) in [6.45, 7) is -0.803. The molecule has 0 aliphatic heterocycles. The van der Waals surface area contributed by atoms with Gasteiger partial charge < -0.3 is 4.74 Å². The molecule has 1 atom stereocenters. The van der Waals surface area contributed by atoms with Gasteiger partial charge in [0, 0.05) is 0 Å². The first-order valence-electron chi connectivity index (χ1n) is 3.63. The maximum atomic E-state index is 11.6. The quantitative estimate of drug-likeness (QED) is 0.535. The maximum Gasteiger partial charge on any atom is 0.422 e. The summed E-state index contributed by atoms with van der Waals surface area (Å²) in [6.07, 6.45) is -5.58. The molecule has 0 aromatic rings. The van der Waals surface area contributed by atoms with Crippen molar-refractivity contribution in [1.29, 1.82) is 0 Å². The summed E-state index contributed by atoms with van der Waals surface area (Å²) in [5.74, 6) is -1.39. The van der Waals surface area contributed by atoms with Crippen LogP contribution in [0, 0.1) is 0 Å². The Morgan fingerprint density at radius 3 is 2.20 bits per heavy atom. The molecule has 1 unspecified atom stereocenters. The van der Waals surface area contributed by atoms with Crippen LogP contribution in [0.4, 0.5) is 13.2 Å². The summed E-state index contributed by atoms with van der Waals surface area (Å²) in [6, 6.07) is 0. The third kappa shape index (κ3) is 8.18. The maximum absolute atomic E-state index is 11.6. The molecule has 0 amide bonds. The van der Waals surface area contributed by atoms with Crippen molar-refractivity contribution in [3.63, 3.8) is 0 Å². The highest BCUT2D eigenvalue weighted by atomic mass is 32.2. The van der Waals surface area contributed by atoms with Gasteiger partial charge in [-0.1, -0.05) is 0 Å². The number of hydrogen-bond donors (Lipinski definition) is 0. The van der Waals surface area contributed by atoms with Crippen LogP contribution < -0.4 is 0 Å². The Labute approximate surface area is 84.3 Å². The fourth-order valence-electron chi connectivity index (χ4n) is 0.572. The second-order valence-corrected chi connectivity index (χ2v) is 4.27. The fourth-order valence-corrected chi connectivity index (χ4v) is 1.17. The molecule has 9 heteroatoms. The zero-order valence-electron chi connectivity index (χ0n) is 7.87. The number of carbonyl (C=O) groups excluding carboxylic acids is 1. The zero-order valence-corrected chi connectivity index (χ0v) is 8.68. The molecular weight excluding hydrogens is 241 g/mol. The van der Waals surface area contributed by atoms with E-state index in [1.54, 1.807) is 0 Å². The summed E-state index contributed by atoms with van der Waals surface area (Å²) in [7, 11) is -3.90. The second-order valence-electron chi connectivity index (χ2n) is 2.67. The molecule has 0 N–H and O–H groups in total. The molecule has 0 bridgehead atoms. The average molecular weight is 250 g/mol. The van der Waals surface area contributed by atoms with Crippen molar-refractivity contribution >= 4 is 16.1 Å². The van der Waals surface area contributed by atoms with E-state index in [0.717, 1.165) is 6.92 Å². The number of rotatable bonds is 4. The van der Waals surface area contributed by atoms with Crippen LogP contribution in [-0.2, 0) is 23.8 Å². The molecule has 0 aliphatic rings. The molecule has 0 aliphatic carbocycles. The molecule has 5 nitrogen and oxygen atoms in total. The molecule has 0 aromatic carbocycles. The lowest BCUT2D eigenvalue weighted by Gasteiger charge is -2.11. The van der Waals surface area contributed by atoms with Crippen LogP contribution in [0.15, 0.2) is 0 Å². The lowest BCUT2D eigenvalue weighted by atomic mass is 10.4. The normalized spacial score (nSPS) is 14.7. The van der Waals surface area contributed by atoms with E-state index in [2.05, 4.69) is 8.92 Å². The Bertz CT molecular complexity index is 320. The molecule has 0 spiro atoms. The molecule has 0 heterocycles. The van der Waals surface area contributed by atoms with Gasteiger partial charge in [-0.15, -0.1) is 0 Å². The first-order valence-corrected chi connectivity index (χ1v) is 5.44. The van der Waals surface area contributed by atoms with E-state index in [0.29, 0.717) is 6.26 Å². The Balaban J connectivity index is 4.13. The predicted molar refractivity (Wildman–Crippen MR) is 42.4 cm³/mol. The predicted octanol–water partition coefficient (Wildman–Crippen LogP) is 0.457. The van der Waals surface area contributed by atoms with E-state index in [4.69, 9.17) is 0 Å². The summed E-state index contributed by atoms with van der Waals surface area (Å²) in [5.41, 5.74) is 0. The highest BCUT2D eigenvalue weighted by Crippen LogP contribution is 2.15. The van der Waals surface area contributed by atoms with Gasteiger partial charge in [0.15, 0.2) is 12.7 Å². The highest BCUT2D eigenvalue weighted by Gasteiger charge is 2.31. The standard InChI is InChI=1S/C6H9F3O5S/c1-4(14-15(2,11)12)5(10)13-3-6(7,8)9/h4H,3H2,1-2H3. The van der Waals surface area contributed by atoms with E-state index < -0.39 is 35.0 Å². The van der Waals surface area contributed by atoms with Crippen molar-refractivity contribution in [2.24, 2.45) is 0 Å². The monoisotopic (exact) mass is 250 g/mol. The number of esters is 1. The Morgan fingerprint density at radius 1 is 1.40 bits per heavy atom. The average Bonchev–Trinajstić information content (AvgIpc) is 1.95. The van der Waals surface area contributed by atoms with E-state index in [9.17, 15) is 26.4 Å². The molecule has 90 valence electrons. The minimum absolute atomic E-state index is 0.667. The van der Waals surface area contributed by atoms with Gasteiger partial charge in [-0.05, 0) is 6.92 Å². The fraction of sp³-hybridized carbons (Fsp3) is 0.833. The number of ether oxygens (including phenoxy) is 1. The lowest BCUT2D eigenvalue weighted by Crippen LogP contribution is -2.29. The Hall–Kier alpha value is -0.830. The number of carbonyl (C=O) groups is 1. The molecular formula is C6H9F3O5S. The van der Waals surface area contributed by atoms with Crippen LogP contribution in [0.25, 0.3) is 0 Å². The largest absolute Gasteiger partial charge is 0.454 e. The van der Waals surface area contributed by atoms with E-state index in [1.165, 1.54) is 0 Å². The van der Waals surface area contributed by atoms with Crippen LogP contribution >= 0.6 is 0 Å². The molecule has 0 radical (unpaired) electrons. The summed E-state index contributed by atoms with van der Waals surface area (Å²) >= 11 is 0. The third-order valence-electron chi connectivity index (χ3n) is 1.03. The van der Waals surface area contributed by atoms with Crippen molar-refractivity contribution in [3.05, 3.63) is 0 Å². The minimum atomic E-state index is -4.65. The van der Waals surface area contributed by atoms with Crippen molar-refractivity contribution < 1.29 is 35.3 Å². The van der Waals surface area contributed by atoms with Crippen LogP contribution in [0.5, 0.6) is 0 Å². The SMILES string of the molecule is CC(OS(C)(=O)=O)C(=O)OCC(F)(F)F. The van der Waals surface area contributed by atoms with Gasteiger partial charge >= 0.3 is 12.1 Å². The molecule has 0 saturated carbocycles. The Kier molecular flexibility index (Phi) is 4.53. The van der Waals surface area contributed by atoms with Crippen LogP contribution in [0.2, 0.25) is 0 Å². The number of hydrogen-bond acceptors (Lipinski definition) is 5. The van der Waals surface area contributed by atoms with Crippen LogP contribution in [-0.4, -0.2) is 39.5 Å². The zero-order chi connectivity index (χ0) is 12.3. The van der Waals surface area contributed by atoms with Crippen LogP contribution in [0.3, 0.4) is 0 Å². The molecule has 0 saturated heterocycles. The van der Waals surface area contributed by atoms with Gasteiger partial charge in [0.05, 0.1) is 6.26 Å². The topological polar surface area (TPSA) is 69.7 Å². The molecule has 15 heavy (non-hydrogen) atoms. The number of alkyl halides is 3. The van der Waals surface area contributed by atoms with E-state index in [1.807, 2.05) is 0 Å². The van der Waals surface area contributed by atoms with Crippen molar-refractivity contribution in [2.75, 3.05) is 12.9 Å². The van der Waals surface area contributed by atoms with E-state index >= 15 is 0 Å². The van der Waals surface area contributed by atoms with E-state index in [-0.39, 0.29) is 0 Å². The summed E-state index contributed by atoms with van der Waals surface area (Å²) in [5, 5.41) is 0. The van der Waals surface area contributed by atoms with Gasteiger partial charge in [0.1, 0.15) is 0 Å². The Morgan fingerprint density at radius 2 is 1.87 bits per heavy atom. The van der Waals surface area contributed by atoms with Gasteiger partial charge in [-0.25, -0.2) is 4.79 Å². The van der Waals surface area contributed by atoms with Gasteiger partial charge in [0.25, 0.3) is 10.1 Å². The number of halogens is 3.